The molecule has 0 aromatic heterocycles. The summed E-state index contributed by atoms with van der Waals surface area (Å²) < 4.78 is 29.3. The number of nitrogens with one attached hydrogen (secondary N) is 2. The van der Waals surface area contributed by atoms with Crippen molar-refractivity contribution < 1.29 is 28.2 Å². The third kappa shape index (κ3) is 5.21. The molecule has 0 spiro atoms. The average Bonchev–Trinajstić information content (AvgIpc) is 2.70. The lowest BCUT2D eigenvalue weighted by Gasteiger charge is -2.18. The summed E-state index contributed by atoms with van der Waals surface area (Å²) in [5.74, 6) is -0.509. The number of amides is 2. The van der Waals surface area contributed by atoms with Crippen molar-refractivity contribution >= 4 is 17.9 Å². The van der Waals surface area contributed by atoms with Gasteiger partial charge in [-0.2, -0.15) is 0 Å². The summed E-state index contributed by atoms with van der Waals surface area (Å²) in [4.78, 5) is 23.4. The maximum atomic E-state index is 13.4. The second-order valence-electron chi connectivity index (χ2n) is 5.49. The Morgan fingerprint density at radius 3 is 2.67 bits per heavy atom. The number of fused-ring (bicyclic) bond motifs is 1. The summed E-state index contributed by atoms with van der Waals surface area (Å²) in [5.41, 5.74) is 5.13. The quantitative estimate of drug-likeness (QED) is 0.618. The Morgan fingerprint density at radius 1 is 1.07 bits per heavy atom. The predicted molar refractivity (Wildman–Crippen MR) is 94.6 cm³/mol. The number of benzene rings is 2. The highest BCUT2D eigenvalue weighted by Gasteiger charge is 2.11. The number of hydrogen-bond acceptors (Lipinski definition) is 5. The largest absolute Gasteiger partial charge is 0.486 e. The Hall–Kier alpha value is -3.55. The summed E-state index contributed by atoms with van der Waals surface area (Å²) in [6.45, 7) is 0.541. The van der Waals surface area contributed by atoms with Crippen molar-refractivity contribution in [1.82, 2.24) is 10.9 Å². The summed E-state index contributed by atoms with van der Waals surface area (Å²) in [6.07, 6.45) is 2.82. The van der Waals surface area contributed by atoms with Crippen LogP contribution in [0.25, 0.3) is 6.08 Å². The van der Waals surface area contributed by atoms with Crippen LogP contribution in [0.4, 0.5) is 4.39 Å². The first-order valence-electron chi connectivity index (χ1n) is 8.16. The van der Waals surface area contributed by atoms with Crippen LogP contribution in [0.3, 0.4) is 0 Å². The predicted octanol–water partition coefficient (Wildman–Crippen LogP) is 1.84. The summed E-state index contributed by atoms with van der Waals surface area (Å²) in [6, 6.07) is 11.0. The minimum atomic E-state index is -0.626. The number of hydrazine groups is 1. The molecular formula is C19H17FN2O5. The fourth-order valence-electron chi connectivity index (χ4n) is 2.25. The van der Waals surface area contributed by atoms with E-state index in [0.717, 1.165) is 5.56 Å². The molecule has 2 amide bonds. The summed E-state index contributed by atoms with van der Waals surface area (Å²) in [5, 5.41) is 0. The molecule has 8 heteroatoms. The third-order valence-corrected chi connectivity index (χ3v) is 3.51. The van der Waals surface area contributed by atoms with Gasteiger partial charge in [-0.3, -0.25) is 20.4 Å². The second kappa shape index (κ2) is 8.70. The SMILES string of the molecule is O=C(/C=C/c1ccc2c(c1)OCCO2)NNC(=O)COc1ccccc1F. The molecule has 0 radical (unpaired) electrons. The highest BCUT2D eigenvalue weighted by molar-refractivity contribution is 5.93. The van der Waals surface area contributed by atoms with Gasteiger partial charge in [0, 0.05) is 6.08 Å². The Labute approximate surface area is 154 Å². The number of ether oxygens (including phenoxy) is 3. The molecular weight excluding hydrogens is 355 g/mol. The Kier molecular flexibility index (Phi) is 5.88. The van der Waals surface area contributed by atoms with Gasteiger partial charge < -0.3 is 14.2 Å². The standard InChI is InChI=1S/C19H17FN2O5/c20-14-3-1-2-4-15(14)27-12-19(24)22-21-18(23)8-6-13-5-7-16-17(11-13)26-10-9-25-16/h1-8,11H,9-10,12H2,(H,21,23)(H,22,24)/b8-6+. The zero-order valence-electron chi connectivity index (χ0n) is 14.2. The van der Waals surface area contributed by atoms with Crippen LogP contribution in [-0.4, -0.2) is 31.6 Å². The zero-order valence-corrected chi connectivity index (χ0v) is 14.2. The van der Waals surface area contributed by atoms with E-state index in [4.69, 9.17) is 14.2 Å². The van der Waals surface area contributed by atoms with E-state index in [-0.39, 0.29) is 5.75 Å². The summed E-state index contributed by atoms with van der Waals surface area (Å²) >= 11 is 0. The molecule has 0 saturated carbocycles. The molecule has 2 aromatic rings. The van der Waals surface area contributed by atoms with Gasteiger partial charge in [0.1, 0.15) is 13.2 Å². The van der Waals surface area contributed by atoms with Crippen LogP contribution in [0.5, 0.6) is 17.2 Å². The van der Waals surface area contributed by atoms with E-state index in [2.05, 4.69) is 10.9 Å². The van der Waals surface area contributed by atoms with Crippen LogP contribution in [0, 0.1) is 5.82 Å². The van der Waals surface area contributed by atoms with E-state index in [1.165, 1.54) is 24.3 Å². The molecule has 140 valence electrons. The van der Waals surface area contributed by atoms with E-state index in [1.807, 2.05) is 0 Å². The van der Waals surface area contributed by atoms with Crippen molar-refractivity contribution in [3.63, 3.8) is 0 Å². The molecule has 1 aliphatic rings. The number of para-hydroxylation sites is 1. The lowest BCUT2D eigenvalue weighted by molar-refractivity contribution is -0.128. The zero-order chi connectivity index (χ0) is 19.1. The van der Waals surface area contributed by atoms with E-state index >= 15 is 0 Å². The van der Waals surface area contributed by atoms with Crippen LogP contribution in [0.1, 0.15) is 5.56 Å². The molecule has 1 heterocycles. The van der Waals surface area contributed by atoms with Crippen LogP contribution in [0.15, 0.2) is 48.5 Å². The normalized spacial score (nSPS) is 12.5. The molecule has 2 N–H and O–H groups in total. The fourth-order valence-corrected chi connectivity index (χ4v) is 2.25. The van der Waals surface area contributed by atoms with Gasteiger partial charge in [-0.25, -0.2) is 4.39 Å². The minimum absolute atomic E-state index is 0.0440. The smallest absolute Gasteiger partial charge is 0.276 e. The molecule has 2 aromatic carbocycles. The molecule has 0 atom stereocenters. The minimum Gasteiger partial charge on any atom is -0.486 e. The van der Waals surface area contributed by atoms with Crippen LogP contribution in [-0.2, 0) is 9.59 Å². The number of hydrogen-bond donors (Lipinski definition) is 2. The van der Waals surface area contributed by atoms with Gasteiger partial charge in [-0.05, 0) is 35.9 Å². The van der Waals surface area contributed by atoms with Gasteiger partial charge >= 0.3 is 0 Å². The van der Waals surface area contributed by atoms with Crippen molar-refractivity contribution in [2.75, 3.05) is 19.8 Å². The van der Waals surface area contributed by atoms with Crippen molar-refractivity contribution in [3.05, 3.63) is 59.9 Å². The molecule has 0 unspecified atom stereocenters. The highest BCUT2D eigenvalue weighted by Crippen LogP contribution is 2.31. The van der Waals surface area contributed by atoms with Gasteiger partial charge in [-0.1, -0.05) is 18.2 Å². The van der Waals surface area contributed by atoms with E-state index in [9.17, 15) is 14.0 Å². The lowest BCUT2D eigenvalue weighted by Crippen LogP contribution is -2.43. The van der Waals surface area contributed by atoms with Crippen molar-refractivity contribution in [1.29, 1.82) is 0 Å². The van der Waals surface area contributed by atoms with Crippen LogP contribution in [0.2, 0.25) is 0 Å². The van der Waals surface area contributed by atoms with Crippen molar-refractivity contribution in [3.8, 4) is 17.2 Å². The third-order valence-electron chi connectivity index (χ3n) is 3.51. The number of rotatable bonds is 5. The van der Waals surface area contributed by atoms with Crippen LogP contribution < -0.4 is 25.1 Å². The van der Waals surface area contributed by atoms with Gasteiger partial charge in [0.15, 0.2) is 29.7 Å². The Bertz CT molecular complexity index is 869. The van der Waals surface area contributed by atoms with Gasteiger partial charge in [0.05, 0.1) is 0 Å². The lowest BCUT2D eigenvalue weighted by atomic mass is 10.2. The fraction of sp³-hybridized carbons (Fsp3) is 0.158. The maximum Gasteiger partial charge on any atom is 0.276 e. The first-order valence-corrected chi connectivity index (χ1v) is 8.16. The van der Waals surface area contributed by atoms with Crippen molar-refractivity contribution in [2.24, 2.45) is 0 Å². The summed E-state index contributed by atoms with van der Waals surface area (Å²) in [7, 11) is 0. The monoisotopic (exact) mass is 372 g/mol. The first kappa shape index (κ1) is 18.2. The van der Waals surface area contributed by atoms with Gasteiger partial charge in [-0.15, -0.1) is 0 Å². The highest BCUT2D eigenvalue weighted by atomic mass is 19.1. The molecule has 3 rings (SSSR count). The Morgan fingerprint density at radius 2 is 1.85 bits per heavy atom. The number of halogens is 1. The molecule has 0 bridgehead atoms. The molecule has 1 aliphatic heterocycles. The van der Waals surface area contributed by atoms with Gasteiger partial charge in [0.25, 0.3) is 11.8 Å². The topological polar surface area (TPSA) is 85.9 Å². The maximum absolute atomic E-state index is 13.4. The average molecular weight is 372 g/mol. The van der Waals surface area contributed by atoms with Crippen LogP contribution >= 0.6 is 0 Å². The number of carbonyl (C=O) groups is 2. The molecule has 0 fully saturated rings. The molecule has 0 aliphatic carbocycles. The van der Waals surface area contributed by atoms with E-state index < -0.39 is 24.2 Å². The molecule has 0 saturated heterocycles. The van der Waals surface area contributed by atoms with E-state index in [1.54, 1.807) is 30.3 Å². The second-order valence-corrected chi connectivity index (χ2v) is 5.49. The van der Waals surface area contributed by atoms with Gasteiger partial charge in [0.2, 0.25) is 0 Å². The van der Waals surface area contributed by atoms with E-state index in [0.29, 0.717) is 24.7 Å². The first-order chi connectivity index (χ1) is 13.1. The Balaban J connectivity index is 1.44. The molecule has 27 heavy (non-hydrogen) atoms. The number of carbonyl (C=O) groups excluding carboxylic acids is 2. The molecule has 7 nitrogen and oxygen atoms in total. The van der Waals surface area contributed by atoms with Crippen molar-refractivity contribution in [2.45, 2.75) is 0 Å².